The summed E-state index contributed by atoms with van der Waals surface area (Å²) in [4.78, 5) is 51.2. The normalized spacial score (nSPS) is 12.0. The number of aliphatic hydroxyl groups excluding tert-OH is 2. The summed E-state index contributed by atoms with van der Waals surface area (Å²) < 4.78 is 36.2. The third-order valence-electron chi connectivity index (χ3n) is 16.2. The highest BCUT2D eigenvalue weighted by Crippen LogP contribution is 2.52. The first-order chi connectivity index (χ1) is 46.6. The van der Waals surface area contributed by atoms with Crippen LogP contribution in [0.2, 0.25) is 0 Å². The zero-order chi connectivity index (χ0) is 68.5. The average Bonchev–Trinajstić information content (AvgIpc) is 0.769. The Bertz CT molecular complexity index is 3680. The second-order valence-corrected chi connectivity index (χ2v) is 25.3. The van der Waals surface area contributed by atoms with E-state index in [1.165, 1.54) is 11.1 Å². The number of hydrogen-bond acceptors (Lipinski definition) is 8. The number of aromatic nitrogens is 2. The van der Waals surface area contributed by atoms with Crippen LogP contribution in [0.5, 0.6) is 11.5 Å². The van der Waals surface area contributed by atoms with Crippen molar-refractivity contribution in [1.29, 1.82) is 0 Å². The number of nitrogens with one attached hydrogen (secondary N) is 2. The first-order valence-electron chi connectivity index (χ1n) is 31.6. The van der Waals surface area contributed by atoms with E-state index in [2.05, 4.69) is 61.9 Å². The second kappa shape index (κ2) is 37.0. The van der Waals surface area contributed by atoms with Gasteiger partial charge in [0.2, 0.25) is 0 Å². The van der Waals surface area contributed by atoms with Crippen LogP contribution in [0.15, 0.2) is 316 Å². The molecule has 498 valence electrons. The Morgan fingerprint density at radius 2 is 0.464 bits per heavy atom. The molecule has 0 bridgehead atoms. The van der Waals surface area contributed by atoms with Gasteiger partial charge in [0.25, 0.3) is 0 Å². The SMILES string of the molecule is CC(C)c1cc(C(c2ccccc2)c2ccccc2)c(OP(=O)([O-])O)c(C(c2ccccc2)c2ccccc2)c1.CC(C)c1cc(C(c2ccccc2)c2ccccc2)c(OP(=O)([O-])O)c(C(c2ccccc2)c2ccccc2)c1.CO.CO.O.c1cc(-c2cc[nH+]cc2)cc[nH+]1. The van der Waals surface area contributed by atoms with Crippen molar-refractivity contribution in [1.82, 2.24) is 0 Å². The van der Waals surface area contributed by atoms with Gasteiger partial charge in [-0.1, -0.05) is 295 Å². The highest BCUT2D eigenvalue weighted by atomic mass is 31.2. The summed E-state index contributed by atoms with van der Waals surface area (Å²) in [5.74, 6) is -0.746. The van der Waals surface area contributed by atoms with Gasteiger partial charge in [0.15, 0.2) is 24.8 Å². The summed E-state index contributed by atoms with van der Waals surface area (Å²) in [6.45, 7) is 8.48. The van der Waals surface area contributed by atoms with Crippen molar-refractivity contribution in [2.24, 2.45) is 0 Å². The van der Waals surface area contributed by atoms with Crippen molar-refractivity contribution in [3.05, 3.63) is 394 Å². The van der Waals surface area contributed by atoms with Gasteiger partial charge in [-0.05, 0) is 78.6 Å². The average molecular weight is 1340 g/mol. The van der Waals surface area contributed by atoms with Gasteiger partial charge in [-0.3, -0.25) is 9.13 Å². The van der Waals surface area contributed by atoms with E-state index in [4.69, 9.17) is 19.3 Å². The minimum Gasteiger partial charge on any atom is -0.746 e. The van der Waals surface area contributed by atoms with Gasteiger partial charge in [-0.25, -0.2) is 9.97 Å². The van der Waals surface area contributed by atoms with Gasteiger partial charge in [0.05, 0.1) is 0 Å². The minimum absolute atomic E-state index is 0. The van der Waals surface area contributed by atoms with E-state index in [-0.39, 0.29) is 52.5 Å². The van der Waals surface area contributed by atoms with E-state index in [0.717, 1.165) is 69.9 Å². The molecule has 0 amide bonds. The molecule has 2 unspecified atom stereocenters. The fourth-order valence-electron chi connectivity index (χ4n) is 11.9. The molecule has 0 aliphatic rings. The van der Waals surface area contributed by atoms with Crippen molar-refractivity contribution < 1.29 is 63.4 Å². The molecule has 0 saturated heterocycles. The summed E-state index contributed by atoms with van der Waals surface area (Å²) >= 11 is 0. The van der Waals surface area contributed by atoms with Crippen LogP contribution in [0.1, 0.15) is 141 Å². The van der Waals surface area contributed by atoms with Crippen molar-refractivity contribution in [3.8, 4) is 22.6 Å². The summed E-state index contributed by atoms with van der Waals surface area (Å²) in [7, 11) is -8.35. The highest BCUT2D eigenvalue weighted by Gasteiger charge is 2.33. The van der Waals surface area contributed by atoms with Crippen molar-refractivity contribution in [3.63, 3.8) is 0 Å². The van der Waals surface area contributed by atoms with Gasteiger partial charge in [-0.2, -0.15) is 0 Å². The number of pyridine rings is 2. The predicted octanol–water partition coefficient (Wildman–Crippen LogP) is 15.4. The molecule has 97 heavy (non-hydrogen) atoms. The first-order valence-corrected chi connectivity index (χ1v) is 34.6. The lowest BCUT2D eigenvalue weighted by atomic mass is 9.78. The van der Waals surface area contributed by atoms with Crippen LogP contribution in [0.4, 0.5) is 0 Å². The summed E-state index contributed by atoms with van der Waals surface area (Å²) in [5, 5.41) is 14.0. The minimum atomic E-state index is -5.18. The molecule has 0 saturated carbocycles. The second-order valence-electron chi connectivity index (χ2n) is 23.1. The van der Waals surface area contributed by atoms with Crippen LogP contribution in [0.3, 0.4) is 0 Å². The number of phosphoric acid groups is 2. The molecule has 13 nitrogen and oxygen atoms in total. The zero-order valence-corrected chi connectivity index (χ0v) is 56.9. The maximum atomic E-state index is 12.5. The lowest BCUT2D eigenvalue weighted by molar-refractivity contribution is -0.378. The molecular weight excluding hydrogens is 1250 g/mol. The lowest BCUT2D eigenvalue weighted by Crippen LogP contribution is -2.15. The van der Waals surface area contributed by atoms with Crippen LogP contribution < -0.4 is 28.8 Å². The monoisotopic (exact) mass is 1330 g/mol. The number of rotatable bonds is 19. The Hall–Kier alpha value is -9.72. The van der Waals surface area contributed by atoms with Gasteiger partial charge >= 0.3 is 15.6 Å². The Morgan fingerprint density at radius 3 is 0.608 bits per heavy atom. The smallest absolute Gasteiger partial charge is 0.317 e. The maximum absolute atomic E-state index is 12.5. The number of benzene rings is 10. The van der Waals surface area contributed by atoms with Crippen LogP contribution in [-0.4, -0.2) is 39.7 Å². The van der Waals surface area contributed by atoms with Crippen LogP contribution in [-0.2, 0) is 9.13 Å². The molecule has 10 aromatic carbocycles. The maximum Gasteiger partial charge on any atom is 0.317 e. The number of hydrogen-bond donors (Lipinski definition) is 4. The quantitative estimate of drug-likeness (QED) is 0.0441. The molecule has 2 aromatic heterocycles. The predicted molar refractivity (Wildman–Crippen MR) is 382 cm³/mol. The van der Waals surface area contributed by atoms with Crippen LogP contribution >= 0.6 is 15.6 Å². The first kappa shape index (κ1) is 74.7. The highest BCUT2D eigenvalue weighted by molar-refractivity contribution is 7.45. The van der Waals surface area contributed by atoms with Gasteiger partial charge in [0, 0.05) is 84.4 Å². The number of aromatic amines is 2. The van der Waals surface area contributed by atoms with Gasteiger partial charge in [-0.15, -0.1) is 0 Å². The summed E-state index contributed by atoms with van der Waals surface area (Å²) in [6.07, 6.45) is 7.69. The number of phosphoric ester groups is 2. The van der Waals surface area contributed by atoms with Crippen LogP contribution in [0.25, 0.3) is 11.1 Å². The molecule has 0 aliphatic carbocycles. The fraction of sp³-hybridized carbons (Fsp3) is 0.146. The molecule has 0 spiro atoms. The summed E-state index contributed by atoms with van der Waals surface area (Å²) in [6, 6.07) is 96.0. The van der Waals surface area contributed by atoms with Crippen molar-refractivity contribution in [2.75, 3.05) is 14.2 Å². The van der Waals surface area contributed by atoms with Crippen LogP contribution in [0, 0.1) is 0 Å². The lowest BCUT2D eigenvalue weighted by Gasteiger charge is -2.31. The Kier molecular flexibility index (Phi) is 28.5. The molecule has 2 heterocycles. The Morgan fingerprint density at radius 1 is 0.299 bits per heavy atom. The standard InChI is InChI=1S/2C35H33O4P.C10H8N2.2CH4O.H2O/c2*1-25(2)30-23-31(33(26-15-7-3-8-16-26)27-17-9-4-10-18-27)35(39-40(36,37)38)32(24-30)34(28-19-11-5-12-20-28)29-21-13-6-14-22-29;1-5-11-6-2-9(1)10-3-7-12-8-4-10;2*1-2;/h2*3-25,33-34H,1-2H3,(H2,36,37,38);1-8H;2*2H,1H3;1H2. The summed E-state index contributed by atoms with van der Waals surface area (Å²) in [5.41, 5.74) is 15.2. The molecule has 12 aromatic rings. The third kappa shape index (κ3) is 20.6. The Balaban J connectivity index is 0.000000221. The van der Waals surface area contributed by atoms with E-state index in [1.807, 2.05) is 292 Å². The van der Waals surface area contributed by atoms with E-state index >= 15 is 0 Å². The molecule has 0 aliphatic heterocycles. The molecular formula is C82H84N2O11P2. The van der Waals surface area contributed by atoms with E-state index < -0.39 is 15.6 Å². The largest absolute Gasteiger partial charge is 0.746 e. The zero-order valence-electron chi connectivity index (χ0n) is 55.1. The van der Waals surface area contributed by atoms with E-state index in [0.29, 0.717) is 22.3 Å². The molecule has 0 fully saturated rings. The molecule has 12 rings (SSSR count). The fourth-order valence-corrected chi connectivity index (χ4v) is 12.8. The number of H-pyrrole nitrogens is 2. The van der Waals surface area contributed by atoms with E-state index in [1.54, 1.807) is 0 Å². The molecule has 8 N–H and O–H groups in total. The van der Waals surface area contributed by atoms with Crippen molar-refractivity contribution in [2.45, 2.75) is 63.2 Å². The molecule has 2 atom stereocenters. The van der Waals surface area contributed by atoms with E-state index in [9.17, 15) is 28.7 Å². The van der Waals surface area contributed by atoms with Gasteiger partial charge in [0.1, 0.15) is 11.5 Å². The molecule has 0 radical (unpaired) electrons. The number of aliphatic hydroxyl groups is 2. The molecule has 15 heteroatoms. The van der Waals surface area contributed by atoms with Gasteiger partial charge < -0.3 is 44.3 Å². The Labute approximate surface area is 569 Å². The third-order valence-corrected chi connectivity index (χ3v) is 17.0. The van der Waals surface area contributed by atoms with Crippen molar-refractivity contribution >= 4 is 15.6 Å². The topological polar surface area (TPSA) is 239 Å².